The lowest BCUT2D eigenvalue weighted by Gasteiger charge is -2.37. The summed E-state index contributed by atoms with van der Waals surface area (Å²) in [5.74, 6) is -0.281. The third-order valence-corrected chi connectivity index (χ3v) is 5.18. The number of amides is 1. The molecule has 1 fully saturated rings. The molecule has 1 aromatic rings. The summed E-state index contributed by atoms with van der Waals surface area (Å²) in [6.45, 7) is 8.90. The molecule has 0 bridgehead atoms. The van der Waals surface area contributed by atoms with Gasteiger partial charge in [0, 0.05) is 12.2 Å². The summed E-state index contributed by atoms with van der Waals surface area (Å²) in [7, 11) is 0. The lowest BCUT2D eigenvalue weighted by Crippen LogP contribution is -2.56. The molecule has 0 radical (unpaired) electrons. The Labute approximate surface area is 143 Å². The van der Waals surface area contributed by atoms with Crippen molar-refractivity contribution < 1.29 is 14.7 Å². The SMILES string of the molecule is CCC1CCC(NC(=O)c2cnn(CC(C)C)c2C)(C(=O)O)CC1. The van der Waals surface area contributed by atoms with E-state index in [1.165, 1.54) is 0 Å². The van der Waals surface area contributed by atoms with Crippen molar-refractivity contribution in [3.8, 4) is 0 Å². The normalized spacial score (nSPS) is 24.1. The van der Waals surface area contributed by atoms with Crippen molar-refractivity contribution in [3.63, 3.8) is 0 Å². The molecule has 134 valence electrons. The number of aromatic nitrogens is 2. The highest BCUT2D eigenvalue weighted by Gasteiger charge is 2.43. The van der Waals surface area contributed by atoms with E-state index in [9.17, 15) is 14.7 Å². The number of rotatable bonds is 6. The van der Waals surface area contributed by atoms with Crippen LogP contribution in [-0.2, 0) is 11.3 Å². The molecule has 2 N–H and O–H groups in total. The number of carboxylic acids is 1. The summed E-state index contributed by atoms with van der Waals surface area (Å²) in [5, 5.41) is 16.8. The maximum absolute atomic E-state index is 12.7. The van der Waals surface area contributed by atoms with Gasteiger partial charge in [-0.25, -0.2) is 4.79 Å². The third kappa shape index (κ3) is 3.79. The topological polar surface area (TPSA) is 84.2 Å². The minimum atomic E-state index is -1.14. The molecular formula is C18H29N3O3. The Morgan fingerprint density at radius 1 is 1.42 bits per heavy atom. The zero-order chi connectivity index (χ0) is 17.9. The van der Waals surface area contributed by atoms with E-state index in [2.05, 4.69) is 31.2 Å². The van der Waals surface area contributed by atoms with Crippen molar-refractivity contribution in [2.75, 3.05) is 0 Å². The molecule has 6 nitrogen and oxygen atoms in total. The molecule has 1 aliphatic carbocycles. The summed E-state index contributed by atoms with van der Waals surface area (Å²) >= 11 is 0. The van der Waals surface area contributed by atoms with E-state index in [1.807, 2.05) is 6.92 Å². The molecule has 0 saturated heterocycles. The van der Waals surface area contributed by atoms with Crippen molar-refractivity contribution >= 4 is 11.9 Å². The van der Waals surface area contributed by atoms with Gasteiger partial charge in [0.25, 0.3) is 5.91 Å². The smallest absolute Gasteiger partial charge is 0.329 e. The molecule has 1 heterocycles. The summed E-state index contributed by atoms with van der Waals surface area (Å²) in [6, 6.07) is 0. The van der Waals surface area contributed by atoms with Gasteiger partial charge in [-0.15, -0.1) is 0 Å². The van der Waals surface area contributed by atoms with E-state index in [1.54, 1.807) is 10.9 Å². The summed E-state index contributed by atoms with van der Waals surface area (Å²) in [5.41, 5.74) is 0.105. The fourth-order valence-corrected chi connectivity index (χ4v) is 3.45. The van der Waals surface area contributed by atoms with Gasteiger partial charge in [0.1, 0.15) is 5.54 Å². The Kier molecular flexibility index (Phi) is 5.67. The molecule has 0 unspecified atom stereocenters. The van der Waals surface area contributed by atoms with Crippen LogP contribution < -0.4 is 5.32 Å². The molecule has 6 heteroatoms. The number of nitrogens with zero attached hydrogens (tertiary/aromatic N) is 2. The van der Waals surface area contributed by atoms with E-state index >= 15 is 0 Å². The molecule has 1 saturated carbocycles. The first-order valence-electron chi connectivity index (χ1n) is 8.87. The van der Waals surface area contributed by atoms with Gasteiger partial charge in [0.15, 0.2) is 0 Å². The molecule has 24 heavy (non-hydrogen) atoms. The van der Waals surface area contributed by atoms with Gasteiger partial charge in [-0.1, -0.05) is 27.2 Å². The zero-order valence-electron chi connectivity index (χ0n) is 15.1. The van der Waals surface area contributed by atoms with Gasteiger partial charge < -0.3 is 10.4 Å². The molecule has 1 amide bonds. The van der Waals surface area contributed by atoms with E-state index in [0.29, 0.717) is 30.2 Å². The van der Waals surface area contributed by atoms with Crippen molar-refractivity contribution in [2.45, 2.75) is 71.9 Å². The quantitative estimate of drug-likeness (QED) is 0.837. The number of carbonyl (C=O) groups is 2. The maximum atomic E-state index is 12.7. The van der Waals surface area contributed by atoms with Crippen molar-refractivity contribution in [3.05, 3.63) is 17.5 Å². The number of carbonyl (C=O) groups excluding carboxylic acids is 1. The molecule has 1 aromatic heterocycles. The Balaban J connectivity index is 2.15. The minimum Gasteiger partial charge on any atom is -0.480 e. The van der Waals surface area contributed by atoms with Crippen LogP contribution in [0.1, 0.15) is 68.9 Å². The van der Waals surface area contributed by atoms with Gasteiger partial charge in [0.2, 0.25) is 0 Å². The molecular weight excluding hydrogens is 306 g/mol. The van der Waals surface area contributed by atoms with E-state index in [-0.39, 0.29) is 5.91 Å². The molecule has 0 spiro atoms. The highest BCUT2D eigenvalue weighted by Crippen LogP contribution is 2.34. The highest BCUT2D eigenvalue weighted by atomic mass is 16.4. The molecule has 1 aliphatic rings. The van der Waals surface area contributed by atoms with Crippen LogP contribution in [0.4, 0.5) is 0 Å². The molecule has 0 atom stereocenters. The highest BCUT2D eigenvalue weighted by molar-refractivity contribution is 5.98. The fraction of sp³-hybridized carbons (Fsp3) is 0.722. The van der Waals surface area contributed by atoms with Crippen molar-refractivity contribution in [1.29, 1.82) is 0 Å². The standard InChI is InChI=1S/C18H29N3O3/c1-5-14-6-8-18(9-7-14,17(23)24)20-16(22)15-10-19-21(13(15)4)11-12(2)3/h10,12,14H,5-9,11H2,1-4H3,(H,20,22)(H,23,24). The predicted molar refractivity (Wildman–Crippen MR) is 91.9 cm³/mol. The number of aliphatic carboxylic acids is 1. The van der Waals surface area contributed by atoms with E-state index in [0.717, 1.165) is 31.5 Å². The monoisotopic (exact) mass is 335 g/mol. The van der Waals surface area contributed by atoms with Crippen molar-refractivity contribution in [2.24, 2.45) is 11.8 Å². The second-order valence-corrected chi connectivity index (χ2v) is 7.41. The Morgan fingerprint density at radius 2 is 2.04 bits per heavy atom. The zero-order valence-corrected chi connectivity index (χ0v) is 15.1. The van der Waals surface area contributed by atoms with Crippen LogP contribution in [0, 0.1) is 18.8 Å². The van der Waals surface area contributed by atoms with Crippen LogP contribution in [0.3, 0.4) is 0 Å². The molecule has 0 aromatic carbocycles. The molecule has 2 rings (SSSR count). The minimum absolute atomic E-state index is 0.333. The number of hydrogen-bond donors (Lipinski definition) is 2. The lowest BCUT2D eigenvalue weighted by atomic mass is 9.75. The number of nitrogens with one attached hydrogen (secondary N) is 1. The Hall–Kier alpha value is -1.85. The second kappa shape index (κ2) is 7.36. The maximum Gasteiger partial charge on any atom is 0.329 e. The first-order chi connectivity index (χ1) is 11.3. The molecule has 0 aliphatic heterocycles. The first kappa shape index (κ1) is 18.5. The Bertz CT molecular complexity index is 599. The van der Waals surface area contributed by atoms with E-state index in [4.69, 9.17) is 0 Å². The summed E-state index contributed by atoms with van der Waals surface area (Å²) in [6.07, 6.45) is 5.27. The number of carboxylic acid groups (broad SMARTS) is 1. The van der Waals surface area contributed by atoms with Crippen LogP contribution >= 0.6 is 0 Å². The van der Waals surface area contributed by atoms with Gasteiger partial charge >= 0.3 is 5.97 Å². The van der Waals surface area contributed by atoms with Crippen LogP contribution in [0.5, 0.6) is 0 Å². The van der Waals surface area contributed by atoms with Gasteiger partial charge in [-0.05, 0) is 44.4 Å². The average Bonchev–Trinajstić information content (AvgIpc) is 2.88. The van der Waals surface area contributed by atoms with Crippen LogP contribution in [0.25, 0.3) is 0 Å². The van der Waals surface area contributed by atoms with Crippen LogP contribution in [0.15, 0.2) is 6.20 Å². The van der Waals surface area contributed by atoms with Gasteiger partial charge in [-0.2, -0.15) is 5.10 Å². The van der Waals surface area contributed by atoms with Gasteiger partial charge in [0.05, 0.1) is 11.8 Å². The third-order valence-electron chi connectivity index (χ3n) is 5.18. The van der Waals surface area contributed by atoms with Crippen LogP contribution in [0.2, 0.25) is 0 Å². The average molecular weight is 335 g/mol. The van der Waals surface area contributed by atoms with Gasteiger partial charge in [-0.3, -0.25) is 9.48 Å². The Morgan fingerprint density at radius 3 is 2.54 bits per heavy atom. The van der Waals surface area contributed by atoms with E-state index < -0.39 is 11.5 Å². The predicted octanol–water partition coefficient (Wildman–Crippen LogP) is 3.00. The van der Waals surface area contributed by atoms with Crippen molar-refractivity contribution in [1.82, 2.24) is 15.1 Å². The largest absolute Gasteiger partial charge is 0.480 e. The second-order valence-electron chi connectivity index (χ2n) is 7.41. The number of hydrogen-bond acceptors (Lipinski definition) is 3. The lowest BCUT2D eigenvalue weighted by molar-refractivity contribution is -0.146. The first-order valence-corrected chi connectivity index (χ1v) is 8.87. The fourth-order valence-electron chi connectivity index (χ4n) is 3.45. The summed E-state index contributed by atoms with van der Waals surface area (Å²) in [4.78, 5) is 24.5. The van der Waals surface area contributed by atoms with Crippen LogP contribution in [-0.4, -0.2) is 32.3 Å². The summed E-state index contributed by atoms with van der Waals surface area (Å²) < 4.78 is 1.81.